The van der Waals surface area contributed by atoms with E-state index >= 15 is 0 Å². The van der Waals surface area contributed by atoms with Gasteiger partial charge < -0.3 is 9.80 Å². The van der Waals surface area contributed by atoms with Crippen molar-refractivity contribution in [2.75, 3.05) is 24.5 Å². The maximum absolute atomic E-state index is 13.0. The van der Waals surface area contributed by atoms with Crippen LogP contribution in [0.4, 0.5) is 5.82 Å². The highest BCUT2D eigenvalue weighted by Crippen LogP contribution is 2.33. The average molecular weight is 330 g/mol. The molecule has 0 saturated carbocycles. The second kappa shape index (κ2) is 7.49. The van der Waals surface area contributed by atoms with E-state index in [2.05, 4.69) is 39.7 Å². The molecule has 1 amide bonds. The number of aryl methyl sites for hydroxylation is 1. The van der Waals surface area contributed by atoms with Crippen LogP contribution < -0.4 is 4.90 Å². The third kappa shape index (κ3) is 3.70. The molecule has 0 aliphatic carbocycles. The first-order valence-electron chi connectivity index (χ1n) is 9.40. The van der Waals surface area contributed by atoms with Crippen LogP contribution in [0.5, 0.6) is 0 Å². The minimum atomic E-state index is 0.226. The van der Waals surface area contributed by atoms with Gasteiger partial charge in [0.15, 0.2) is 0 Å². The molecule has 0 bridgehead atoms. The lowest BCUT2D eigenvalue weighted by atomic mass is 9.81. The molecule has 1 aromatic rings. The van der Waals surface area contributed by atoms with Gasteiger partial charge in [0.2, 0.25) is 5.91 Å². The van der Waals surface area contributed by atoms with Crippen LogP contribution in [0.1, 0.15) is 51.6 Å². The molecule has 0 unspecified atom stereocenters. The topological polar surface area (TPSA) is 49.3 Å². The highest BCUT2D eigenvalue weighted by atomic mass is 16.2. The predicted octanol–water partition coefficient (Wildman–Crippen LogP) is 3.04. The Labute approximate surface area is 145 Å². The summed E-state index contributed by atoms with van der Waals surface area (Å²) in [5.41, 5.74) is 1.01. The first-order chi connectivity index (χ1) is 11.6. The van der Waals surface area contributed by atoms with Gasteiger partial charge in [-0.15, -0.1) is 0 Å². The maximum Gasteiger partial charge on any atom is 0.226 e. The molecule has 5 nitrogen and oxygen atoms in total. The first-order valence-corrected chi connectivity index (χ1v) is 9.40. The Balaban J connectivity index is 1.64. The summed E-state index contributed by atoms with van der Waals surface area (Å²) in [5, 5.41) is 0. The molecule has 0 N–H and O–H groups in total. The van der Waals surface area contributed by atoms with Crippen molar-refractivity contribution in [3.8, 4) is 0 Å². The normalized spacial score (nSPS) is 23.7. The van der Waals surface area contributed by atoms with Crippen molar-refractivity contribution >= 4 is 11.7 Å². The molecule has 2 aliphatic heterocycles. The molecule has 2 aliphatic rings. The number of hydrogen-bond donors (Lipinski definition) is 0. The summed E-state index contributed by atoms with van der Waals surface area (Å²) in [6.45, 7) is 9.20. The number of carbonyl (C=O) groups excluding carboxylic acids is 1. The lowest BCUT2D eigenvalue weighted by Gasteiger charge is -2.37. The van der Waals surface area contributed by atoms with Gasteiger partial charge in [0.1, 0.15) is 12.1 Å². The largest absolute Gasteiger partial charge is 0.356 e. The number of amides is 1. The number of likely N-dealkylation sites (tertiary alicyclic amines) is 1. The van der Waals surface area contributed by atoms with E-state index in [1.807, 2.05) is 6.92 Å². The lowest BCUT2D eigenvalue weighted by molar-refractivity contribution is -0.138. The van der Waals surface area contributed by atoms with E-state index in [0.29, 0.717) is 17.9 Å². The van der Waals surface area contributed by atoms with E-state index in [9.17, 15) is 4.79 Å². The minimum Gasteiger partial charge on any atom is -0.356 e. The van der Waals surface area contributed by atoms with Crippen molar-refractivity contribution < 1.29 is 4.79 Å². The van der Waals surface area contributed by atoms with Gasteiger partial charge in [-0.05, 0) is 52.4 Å². The van der Waals surface area contributed by atoms with Crippen molar-refractivity contribution in [1.29, 1.82) is 0 Å². The SMILES string of the molecule is Cc1cc(N2CCC([C@H]3CCCCN(C(C)C)C3=O)CC2)ncn1. The third-order valence-electron chi connectivity index (χ3n) is 5.61. The molecular weight excluding hydrogens is 300 g/mol. The van der Waals surface area contributed by atoms with E-state index in [1.54, 1.807) is 6.33 Å². The smallest absolute Gasteiger partial charge is 0.226 e. The molecule has 0 aromatic carbocycles. The van der Waals surface area contributed by atoms with E-state index in [-0.39, 0.29) is 5.92 Å². The zero-order valence-electron chi connectivity index (χ0n) is 15.2. The predicted molar refractivity (Wildman–Crippen MR) is 95.9 cm³/mol. The summed E-state index contributed by atoms with van der Waals surface area (Å²) in [4.78, 5) is 26.0. The van der Waals surface area contributed by atoms with Crippen LogP contribution >= 0.6 is 0 Å². The van der Waals surface area contributed by atoms with Gasteiger partial charge in [-0.3, -0.25) is 4.79 Å². The zero-order chi connectivity index (χ0) is 17.1. The number of carbonyl (C=O) groups is 1. The van der Waals surface area contributed by atoms with Crippen molar-refractivity contribution in [3.63, 3.8) is 0 Å². The van der Waals surface area contributed by atoms with Gasteiger partial charge in [0, 0.05) is 43.4 Å². The second-order valence-electron chi connectivity index (χ2n) is 7.57. The Hall–Kier alpha value is -1.65. The highest BCUT2D eigenvalue weighted by molar-refractivity contribution is 5.79. The molecule has 1 atom stereocenters. The maximum atomic E-state index is 13.0. The van der Waals surface area contributed by atoms with E-state index in [4.69, 9.17) is 0 Å². The van der Waals surface area contributed by atoms with Crippen molar-refractivity contribution in [2.24, 2.45) is 11.8 Å². The Kier molecular flexibility index (Phi) is 5.36. The first kappa shape index (κ1) is 17.2. The van der Waals surface area contributed by atoms with Gasteiger partial charge >= 0.3 is 0 Å². The fourth-order valence-electron chi connectivity index (χ4n) is 4.19. The van der Waals surface area contributed by atoms with Crippen LogP contribution in [0.3, 0.4) is 0 Å². The van der Waals surface area contributed by atoms with Crippen LogP contribution in [0.2, 0.25) is 0 Å². The van der Waals surface area contributed by atoms with Crippen LogP contribution in [0, 0.1) is 18.8 Å². The van der Waals surface area contributed by atoms with E-state index in [0.717, 1.165) is 56.8 Å². The summed E-state index contributed by atoms with van der Waals surface area (Å²) in [7, 11) is 0. The summed E-state index contributed by atoms with van der Waals surface area (Å²) >= 11 is 0. The average Bonchev–Trinajstić information content (AvgIpc) is 2.77. The van der Waals surface area contributed by atoms with Gasteiger partial charge in [0.25, 0.3) is 0 Å². The van der Waals surface area contributed by atoms with Crippen LogP contribution in [-0.2, 0) is 4.79 Å². The number of nitrogens with zero attached hydrogens (tertiary/aromatic N) is 4. The standard InChI is InChI=1S/C19H30N4O/c1-14(2)23-9-5-4-6-17(19(23)24)16-7-10-22(11-8-16)18-12-15(3)20-13-21-18/h12-14,16-17H,4-11H2,1-3H3/t17-/m1/s1. The number of hydrogen-bond acceptors (Lipinski definition) is 4. The number of piperidine rings is 1. The summed E-state index contributed by atoms with van der Waals surface area (Å²) in [6, 6.07) is 2.37. The molecule has 3 rings (SSSR count). The summed E-state index contributed by atoms with van der Waals surface area (Å²) < 4.78 is 0. The number of anilines is 1. The molecule has 1 aromatic heterocycles. The lowest BCUT2D eigenvalue weighted by Crippen LogP contribution is -2.44. The Morgan fingerprint density at radius 3 is 2.50 bits per heavy atom. The molecule has 2 saturated heterocycles. The van der Waals surface area contributed by atoms with Crippen molar-refractivity contribution in [1.82, 2.24) is 14.9 Å². The van der Waals surface area contributed by atoms with Gasteiger partial charge in [-0.1, -0.05) is 6.42 Å². The Morgan fingerprint density at radius 1 is 1.08 bits per heavy atom. The van der Waals surface area contributed by atoms with Crippen molar-refractivity contribution in [3.05, 3.63) is 18.1 Å². The quantitative estimate of drug-likeness (QED) is 0.855. The molecule has 5 heteroatoms. The molecule has 3 heterocycles. The molecular formula is C19H30N4O. The Bertz CT molecular complexity index is 566. The summed E-state index contributed by atoms with van der Waals surface area (Å²) in [6.07, 6.45) is 7.23. The van der Waals surface area contributed by atoms with Crippen LogP contribution in [-0.4, -0.2) is 46.5 Å². The molecule has 0 radical (unpaired) electrons. The van der Waals surface area contributed by atoms with E-state index < -0.39 is 0 Å². The second-order valence-corrected chi connectivity index (χ2v) is 7.57. The minimum absolute atomic E-state index is 0.226. The summed E-state index contributed by atoms with van der Waals surface area (Å²) in [5.74, 6) is 2.18. The van der Waals surface area contributed by atoms with Gasteiger partial charge in [0.05, 0.1) is 0 Å². The van der Waals surface area contributed by atoms with Crippen LogP contribution in [0.25, 0.3) is 0 Å². The van der Waals surface area contributed by atoms with Gasteiger partial charge in [-0.2, -0.15) is 0 Å². The molecule has 24 heavy (non-hydrogen) atoms. The zero-order valence-corrected chi connectivity index (χ0v) is 15.2. The number of aromatic nitrogens is 2. The van der Waals surface area contributed by atoms with Crippen molar-refractivity contribution in [2.45, 2.75) is 58.9 Å². The molecule has 0 spiro atoms. The fourth-order valence-corrected chi connectivity index (χ4v) is 4.19. The van der Waals surface area contributed by atoms with Gasteiger partial charge in [-0.25, -0.2) is 9.97 Å². The highest BCUT2D eigenvalue weighted by Gasteiger charge is 2.35. The third-order valence-corrected chi connectivity index (χ3v) is 5.61. The fraction of sp³-hybridized carbons (Fsp3) is 0.737. The monoisotopic (exact) mass is 330 g/mol. The number of rotatable bonds is 3. The van der Waals surface area contributed by atoms with E-state index in [1.165, 1.54) is 6.42 Å². The molecule has 2 fully saturated rings. The molecule has 132 valence electrons. The van der Waals surface area contributed by atoms with Crippen LogP contribution in [0.15, 0.2) is 12.4 Å². The Morgan fingerprint density at radius 2 is 1.83 bits per heavy atom.